The summed E-state index contributed by atoms with van der Waals surface area (Å²) in [6.45, 7) is 4.92. The highest BCUT2D eigenvalue weighted by Gasteiger charge is 2.29. The van der Waals surface area contributed by atoms with Gasteiger partial charge in [-0.05, 0) is 37.3 Å². The maximum Gasteiger partial charge on any atom is 0.303 e. The Morgan fingerprint density at radius 3 is 2.75 bits per heavy atom. The van der Waals surface area contributed by atoms with Gasteiger partial charge in [-0.1, -0.05) is 26.0 Å². The molecule has 3 rings (SSSR count). The number of likely N-dealkylation sites (tertiary alicyclic amines) is 1. The van der Waals surface area contributed by atoms with Crippen LogP contribution in [0.4, 0.5) is 4.39 Å². The predicted octanol–water partition coefficient (Wildman–Crippen LogP) is 3.25. The number of aromatic nitrogens is 3. The first kappa shape index (κ1) is 20.0. The lowest BCUT2D eigenvalue weighted by Crippen LogP contribution is -2.40. The van der Waals surface area contributed by atoms with Crippen molar-refractivity contribution >= 4 is 11.9 Å². The van der Waals surface area contributed by atoms with Gasteiger partial charge in [0, 0.05) is 25.4 Å². The third-order valence-electron chi connectivity index (χ3n) is 4.99. The van der Waals surface area contributed by atoms with Gasteiger partial charge in [-0.3, -0.25) is 9.59 Å². The Morgan fingerprint density at radius 1 is 1.32 bits per heavy atom. The average molecular weight is 388 g/mol. The van der Waals surface area contributed by atoms with Crippen LogP contribution in [0.1, 0.15) is 61.9 Å². The summed E-state index contributed by atoms with van der Waals surface area (Å²) in [5.74, 6) is -0.864. The molecule has 2 heterocycles. The Bertz CT molecular complexity index is 865. The van der Waals surface area contributed by atoms with Crippen molar-refractivity contribution in [2.24, 2.45) is 5.92 Å². The average Bonchev–Trinajstić information content (AvgIpc) is 3.12. The molecule has 1 amide bonds. The van der Waals surface area contributed by atoms with Crippen LogP contribution < -0.4 is 0 Å². The number of piperidine rings is 1. The minimum Gasteiger partial charge on any atom is -0.481 e. The van der Waals surface area contributed by atoms with Crippen molar-refractivity contribution in [1.29, 1.82) is 0 Å². The second-order valence-corrected chi connectivity index (χ2v) is 7.50. The summed E-state index contributed by atoms with van der Waals surface area (Å²) < 4.78 is 15.7. The van der Waals surface area contributed by atoms with Crippen LogP contribution in [0.15, 0.2) is 24.3 Å². The number of carboxylic acids is 1. The molecule has 0 unspecified atom stereocenters. The zero-order chi connectivity index (χ0) is 20.3. The number of hydrogen-bond donors (Lipinski definition) is 1. The summed E-state index contributed by atoms with van der Waals surface area (Å²) in [5.41, 5.74) is 0.260. The van der Waals surface area contributed by atoms with Crippen LogP contribution in [0.3, 0.4) is 0 Å². The van der Waals surface area contributed by atoms with Crippen molar-refractivity contribution in [3.05, 3.63) is 41.7 Å². The molecule has 2 aromatic rings. The van der Waals surface area contributed by atoms with E-state index < -0.39 is 11.8 Å². The lowest BCUT2D eigenvalue weighted by atomic mass is 9.93. The van der Waals surface area contributed by atoms with E-state index in [0.29, 0.717) is 25.3 Å². The molecule has 8 heteroatoms. The second kappa shape index (κ2) is 8.50. The van der Waals surface area contributed by atoms with E-state index in [4.69, 9.17) is 5.11 Å². The molecule has 1 aliphatic rings. The first-order chi connectivity index (χ1) is 13.4. The molecule has 0 saturated carbocycles. The van der Waals surface area contributed by atoms with Gasteiger partial charge in [0.15, 0.2) is 0 Å². The maximum atomic E-state index is 14.3. The Morgan fingerprint density at radius 2 is 2.07 bits per heavy atom. The number of amides is 1. The molecule has 0 spiro atoms. The highest BCUT2D eigenvalue weighted by molar-refractivity contribution is 5.90. The van der Waals surface area contributed by atoms with Crippen LogP contribution >= 0.6 is 0 Å². The standard InChI is InChI=1S/C20H25FN4O3/c1-13(2)19-22-18(23-25(19)16-8-4-3-7-15(16)21)20(28)24-11-5-6-14(12-24)9-10-17(26)27/h3-4,7-8,13-14H,5-6,9-12H2,1-2H3,(H,26,27)/t14-/m0/s1. The van der Waals surface area contributed by atoms with E-state index in [1.54, 1.807) is 23.1 Å². The van der Waals surface area contributed by atoms with Crippen molar-refractivity contribution in [3.63, 3.8) is 0 Å². The van der Waals surface area contributed by atoms with Gasteiger partial charge < -0.3 is 10.0 Å². The number of carbonyl (C=O) groups is 2. The number of para-hydroxylation sites is 1. The van der Waals surface area contributed by atoms with E-state index in [-0.39, 0.29) is 35.7 Å². The van der Waals surface area contributed by atoms with Gasteiger partial charge in [-0.15, -0.1) is 5.10 Å². The molecule has 28 heavy (non-hydrogen) atoms. The number of rotatable bonds is 6. The van der Waals surface area contributed by atoms with Crippen molar-refractivity contribution in [2.75, 3.05) is 13.1 Å². The highest BCUT2D eigenvalue weighted by Crippen LogP contribution is 2.24. The summed E-state index contributed by atoms with van der Waals surface area (Å²) in [6, 6.07) is 6.26. The minimum atomic E-state index is -0.824. The van der Waals surface area contributed by atoms with Gasteiger partial charge in [0.25, 0.3) is 5.91 Å². The lowest BCUT2D eigenvalue weighted by molar-refractivity contribution is -0.137. The molecule has 7 nitrogen and oxygen atoms in total. The normalized spacial score (nSPS) is 17.1. The van der Waals surface area contributed by atoms with E-state index in [1.807, 2.05) is 13.8 Å². The van der Waals surface area contributed by atoms with E-state index in [2.05, 4.69) is 10.1 Å². The molecular weight excluding hydrogens is 363 g/mol. The van der Waals surface area contributed by atoms with E-state index in [9.17, 15) is 14.0 Å². The number of aliphatic carboxylic acids is 1. The first-order valence-electron chi connectivity index (χ1n) is 9.59. The van der Waals surface area contributed by atoms with Crippen LogP contribution in [-0.2, 0) is 4.79 Å². The third-order valence-corrected chi connectivity index (χ3v) is 4.99. The molecule has 1 N–H and O–H groups in total. The zero-order valence-electron chi connectivity index (χ0n) is 16.1. The molecule has 0 bridgehead atoms. The number of hydrogen-bond acceptors (Lipinski definition) is 4. The molecule has 1 atom stereocenters. The molecule has 1 aromatic heterocycles. The molecular formula is C20H25FN4O3. The van der Waals surface area contributed by atoms with Gasteiger partial charge in [0.05, 0.1) is 0 Å². The fraction of sp³-hybridized carbons (Fsp3) is 0.500. The van der Waals surface area contributed by atoms with Crippen LogP contribution in [0.25, 0.3) is 5.69 Å². The van der Waals surface area contributed by atoms with Crippen molar-refractivity contribution in [1.82, 2.24) is 19.7 Å². The van der Waals surface area contributed by atoms with Crippen LogP contribution in [0.2, 0.25) is 0 Å². The predicted molar refractivity (Wildman–Crippen MR) is 101 cm³/mol. The maximum absolute atomic E-state index is 14.3. The quantitative estimate of drug-likeness (QED) is 0.821. The van der Waals surface area contributed by atoms with Crippen molar-refractivity contribution in [2.45, 2.75) is 45.4 Å². The molecule has 1 aliphatic heterocycles. The molecule has 150 valence electrons. The van der Waals surface area contributed by atoms with Crippen molar-refractivity contribution in [3.8, 4) is 5.69 Å². The van der Waals surface area contributed by atoms with Gasteiger partial charge >= 0.3 is 5.97 Å². The molecule has 1 aromatic carbocycles. The fourth-order valence-electron chi connectivity index (χ4n) is 3.54. The largest absolute Gasteiger partial charge is 0.481 e. The molecule has 0 radical (unpaired) electrons. The third kappa shape index (κ3) is 4.37. The summed E-state index contributed by atoms with van der Waals surface area (Å²) in [5, 5.41) is 13.2. The number of halogens is 1. The van der Waals surface area contributed by atoms with Gasteiger partial charge in [-0.25, -0.2) is 14.1 Å². The Kier molecular flexibility index (Phi) is 6.06. The Labute approximate surface area is 163 Å². The number of carboxylic acid groups (broad SMARTS) is 1. The van der Waals surface area contributed by atoms with Crippen LogP contribution in [0.5, 0.6) is 0 Å². The van der Waals surface area contributed by atoms with Gasteiger partial charge in [0.1, 0.15) is 17.3 Å². The topological polar surface area (TPSA) is 88.3 Å². The number of benzene rings is 1. The van der Waals surface area contributed by atoms with Crippen molar-refractivity contribution < 1.29 is 19.1 Å². The smallest absolute Gasteiger partial charge is 0.303 e. The van der Waals surface area contributed by atoms with Crippen LogP contribution in [0, 0.1) is 11.7 Å². The van der Waals surface area contributed by atoms with E-state index in [1.165, 1.54) is 10.7 Å². The van der Waals surface area contributed by atoms with Gasteiger partial charge in [0.2, 0.25) is 5.82 Å². The summed E-state index contributed by atoms with van der Waals surface area (Å²) in [6.07, 6.45) is 2.38. The lowest BCUT2D eigenvalue weighted by Gasteiger charge is -2.31. The van der Waals surface area contributed by atoms with E-state index in [0.717, 1.165) is 12.8 Å². The minimum absolute atomic E-state index is 0.0432. The summed E-state index contributed by atoms with van der Waals surface area (Å²) in [7, 11) is 0. The number of carbonyl (C=O) groups excluding carboxylic acids is 1. The van der Waals surface area contributed by atoms with Crippen LogP contribution in [-0.4, -0.2) is 49.7 Å². The summed E-state index contributed by atoms with van der Waals surface area (Å²) in [4.78, 5) is 29.9. The molecule has 1 fully saturated rings. The van der Waals surface area contributed by atoms with E-state index >= 15 is 0 Å². The Hall–Kier alpha value is -2.77. The Balaban J connectivity index is 1.83. The zero-order valence-corrected chi connectivity index (χ0v) is 16.1. The molecule has 1 saturated heterocycles. The molecule has 0 aliphatic carbocycles. The summed E-state index contributed by atoms with van der Waals surface area (Å²) >= 11 is 0. The monoisotopic (exact) mass is 388 g/mol. The first-order valence-corrected chi connectivity index (χ1v) is 9.59. The SMILES string of the molecule is CC(C)c1nc(C(=O)N2CCC[C@@H](CCC(=O)O)C2)nn1-c1ccccc1F. The second-order valence-electron chi connectivity index (χ2n) is 7.50. The number of nitrogens with zero attached hydrogens (tertiary/aromatic N) is 4. The fourth-order valence-corrected chi connectivity index (χ4v) is 3.54. The highest BCUT2D eigenvalue weighted by atomic mass is 19.1. The van der Waals surface area contributed by atoms with Gasteiger partial charge in [-0.2, -0.15) is 0 Å².